The molecule has 5 heteroatoms. The van der Waals surface area contributed by atoms with Gasteiger partial charge in [-0.1, -0.05) is 60.7 Å². The van der Waals surface area contributed by atoms with Crippen LogP contribution in [0.15, 0.2) is 72.8 Å². The Hall–Kier alpha value is -3.31. The minimum Gasteiger partial charge on any atom is -0.378 e. The molecule has 1 fully saturated rings. The van der Waals surface area contributed by atoms with Crippen molar-refractivity contribution in [1.29, 1.82) is 0 Å². The van der Waals surface area contributed by atoms with Crippen molar-refractivity contribution < 1.29 is 9.53 Å². The zero-order valence-corrected chi connectivity index (χ0v) is 16.1. The van der Waals surface area contributed by atoms with E-state index in [1.54, 1.807) is 0 Å². The maximum atomic E-state index is 13.0. The lowest BCUT2D eigenvalue weighted by molar-refractivity contribution is 0.123. The molecule has 2 amide bonds. The molecule has 2 N–H and O–H groups in total. The summed E-state index contributed by atoms with van der Waals surface area (Å²) in [6.07, 6.45) is 0. The summed E-state index contributed by atoms with van der Waals surface area (Å²) in [6, 6.07) is 24.1. The van der Waals surface area contributed by atoms with Crippen LogP contribution in [0.4, 0.5) is 16.2 Å². The number of urea groups is 1. The highest BCUT2D eigenvalue weighted by Gasteiger charge is 2.29. The Morgan fingerprint density at radius 1 is 0.828 bits per heavy atom. The molecule has 0 aromatic heterocycles. The van der Waals surface area contributed by atoms with Crippen LogP contribution in [0, 0.1) is 0 Å². The lowest BCUT2D eigenvalue weighted by atomic mass is 10.1. The molecule has 0 bridgehead atoms. The molecule has 1 heterocycles. The molecule has 2 aliphatic rings. The number of para-hydroxylation sites is 2. The molecular weight excluding hydrogens is 362 g/mol. The predicted octanol–water partition coefficient (Wildman–Crippen LogP) is 4.41. The summed E-state index contributed by atoms with van der Waals surface area (Å²) in [6.45, 7) is 3.06. The number of hydrogen-bond donors (Lipinski definition) is 2. The standard InChI is InChI=1S/C24H23N3O2/c28-24(25-21-11-5-6-12-22(21)27-13-15-29-16-14-27)26-23-19-9-3-1-7-17(19)18-8-2-4-10-20(18)23/h1-12,23H,13-16H2,(H2,25,26,28). The first-order valence-corrected chi connectivity index (χ1v) is 9.99. The van der Waals surface area contributed by atoms with Gasteiger partial charge in [0.05, 0.1) is 30.6 Å². The fraction of sp³-hybridized carbons (Fsp3) is 0.208. The van der Waals surface area contributed by atoms with Crippen LogP contribution in [0.25, 0.3) is 11.1 Å². The fourth-order valence-electron chi connectivity index (χ4n) is 4.26. The number of carbonyl (C=O) groups is 1. The van der Waals surface area contributed by atoms with Gasteiger partial charge < -0.3 is 20.3 Å². The summed E-state index contributed by atoms with van der Waals surface area (Å²) in [5, 5.41) is 6.24. The molecular formula is C24H23N3O2. The third-order valence-corrected chi connectivity index (χ3v) is 5.61. The lowest BCUT2D eigenvalue weighted by Crippen LogP contribution is -2.37. The van der Waals surface area contributed by atoms with E-state index >= 15 is 0 Å². The van der Waals surface area contributed by atoms with Crippen LogP contribution in [-0.2, 0) is 4.74 Å². The van der Waals surface area contributed by atoms with Crippen molar-refractivity contribution in [1.82, 2.24) is 5.32 Å². The average molecular weight is 385 g/mol. The maximum Gasteiger partial charge on any atom is 0.320 e. The van der Waals surface area contributed by atoms with Crippen LogP contribution in [0.2, 0.25) is 0 Å². The second-order valence-corrected chi connectivity index (χ2v) is 7.32. The summed E-state index contributed by atoms with van der Waals surface area (Å²) in [7, 11) is 0. The fourth-order valence-corrected chi connectivity index (χ4v) is 4.26. The summed E-state index contributed by atoms with van der Waals surface area (Å²) in [5.74, 6) is 0. The second-order valence-electron chi connectivity index (χ2n) is 7.32. The van der Waals surface area contributed by atoms with Gasteiger partial charge in [-0.2, -0.15) is 0 Å². The minimum atomic E-state index is -0.206. The van der Waals surface area contributed by atoms with Crippen LogP contribution in [-0.4, -0.2) is 32.3 Å². The third kappa shape index (κ3) is 3.34. The van der Waals surface area contributed by atoms with Gasteiger partial charge in [-0.3, -0.25) is 0 Å². The van der Waals surface area contributed by atoms with Crippen molar-refractivity contribution in [3.63, 3.8) is 0 Å². The van der Waals surface area contributed by atoms with E-state index in [0.29, 0.717) is 13.2 Å². The molecule has 1 aliphatic carbocycles. The van der Waals surface area contributed by atoms with E-state index in [-0.39, 0.29) is 12.1 Å². The topological polar surface area (TPSA) is 53.6 Å². The maximum absolute atomic E-state index is 13.0. The van der Waals surface area contributed by atoms with Gasteiger partial charge in [-0.15, -0.1) is 0 Å². The monoisotopic (exact) mass is 385 g/mol. The molecule has 1 saturated heterocycles. The van der Waals surface area contributed by atoms with E-state index in [2.05, 4.69) is 39.8 Å². The smallest absolute Gasteiger partial charge is 0.320 e. The number of hydrogen-bond acceptors (Lipinski definition) is 3. The Kier molecular flexibility index (Phi) is 4.66. The van der Waals surface area contributed by atoms with Crippen LogP contribution >= 0.6 is 0 Å². The average Bonchev–Trinajstić information content (AvgIpc) is 3.09. The molecule has 0 radical (unpaired) electrons. The van der Waals surface area contributed by atoms with Gasteiger partial charge in [0.1, 0.15) is 0 Å². The number of benzene rings is 3. The molecule has 0 unspecified atom stereocenters. The largest absolute Gasteiger partial charge is 0.378 e. The Labute approximate surface area is 170 Å². The lowest BCUT2D eigenvalue weighted by Gasteiger charge is -2.30. The van der Waals surface area contributed by atoms with E-state index in [0.717, 1.165) is 35.6 Å². The molecule has 0 spiro atoms. The highest BCUT2D eigenvalue weighted by molar-refractivity contribution is 5.94. The number of fused-ring (bicyclic) bond motifs is 3. The number of nitrogens with one attached hydrogen (secondary N) is 2. The zero-order chi connectivity index (χ0) is 19.6. The van der Waals surface area contributed by atoms with Crippen LogP contribution in [0.3, 0.4) is 0 Å². The van der Waals surface area contributed by atoms with Crippen molar-refractivity contribution in [3.8, 4) is 11.1 Å². The van der Waals surface area contributed by atoms with Crippen LogP contribution < -0.4 is 15.5 Å². The third-order valence-electron chi connectivity index (χ3n) is 5.61. The second kappa shape index (κ2) is 7.60. The van der Waals surface area contributed by atoms with Crippen molar-refractivity contribution in [2.24, 2.45) is 0 Å². The predicted molar refractivity (Wildman–Crippen MR) is 115 cm³/mol. The van der Waals surface area contributed by atoms with Gasteiger partial charge in [0, 0.05) is 13.1 Å². The Morgan fingerprint density at radius 2 is 1.41 bits per heavy atom. The van der Waals surface area contributed by atoms with E-state index < -0.39 is 0 Å². The van der Waals surface area contributed by atoms with Crippen LogP contribution in [0.1, 0.15) is 17.2 Å². The van der Waals surface area contributed by atoms with E-state index in [1.165, 1.54) is 11.1 Å². The van der Waals surface area contributed by atoms with Gasteiger partial charge >= 0.3 is 6.03 Å². The van der Waals surface area contributed by atoms with Gasteiger partial charge in [-0.05, 0) is 34.4 Å². The molecule has 0 saturated carbocycles. The first kappa shape index (κ1) is 17.8. The van der Waals surface area contributed by atoms with Crippen molar-refractivity contribution in [3.05, 3.63) is 83.9 Å². The molecule has 29 heavy (non-hydrogen) atoms. The first-order valence-electron chi connectivity index (χ1n) is 9.99. The zero-order valence-electron chi connectivity index (χ0n) is 16.1. The van der Waals surface area contributed by atoms with Gasteiger partial charge in [0.15, 0.2) is 0 Å². The SMILES string of the molecule is O=C(Nc1ccccc1N1CCOCC1)NC1c2ccccc2-c2ccccc21. The molecule has 3 aromatic carbocycles. The summed E-state index contributed by atoms with van der Waals surface area (Å²) in [4.78, 5) is 15.2. The molecule has 5 rings (SSSR count). The Morgan fingerprint density at radius 3 is 2.10 bits per heavy atom. The summed E-state index contributed by atoms with van der Waals surface area (Å²) >= 11 is 0. The Bertz CT molecular complexity index is 998. The van der Waals surface area contributed by atoms with Crippen LogP contribution in [0.5, 0.6) is 0 Å². The molecule has 5 nitrogen and oxygen atoms in total. The van der Waals surface area contributed by atoms with Gasteiger partial charge in [-0.25, -0.2) is 4.79 Å². The molecule has 146 valence electrons. The molecule has 3 aromatic rings. The number of morpholine rings is 1. The van der Waals surface area contributed by atoms with E-state index in [9.17, 15) is 4.79 Å². The highest BCUT2D eigenvalue weighted by atomic mass is 16.5. The number of rotatable bonds is 3. The summed E-state index contributed by atoms with van der Waals surface area (Å²) < 4.78 is 5.46. The molecule has 1 aliphatic heterocycles. The minimum absolute atomic E-state index is 0.155. The van der Waals surface area contributed by atoms with Gasteiger partial charge in [0.25, 0.3) is 0 Å². The van der Waals surface area contributed by atoms with Gasteiger partial charge in [0.2, 0.25) is 0 Å². The van der Waals surface area contributed by atoms with E-state index in [1.807, 2.05) is 48.5 Å². The number of nitrogens with zero attached hydrogens (tertiary/aromatic N) is 1. The molecule has 0 atom stereocenters. The van der Waals surface area contributed by atoms with Crippen molar-refractivity contribution >= 4 is 17.4 Å². The quantitative estimate of drug-likeness (QED) is 0.702. The highest BCUT2D eigenvalue weighted by Crippen LogP contribution is 2.43. The van der Waals surface area contributed by atoms with Crippen molar-refractivity contribution in [2.45, 2.75) is 6.04 Å². The summed E-state index contributed by atoms with van der Waals surface area (Å²) in [5.41, 5.74) is 6.46. The normalized spacial score (nSPS) is 15.5. The number of ether oxygens (including phenoxy) is 1. The van der Waals surface area contributed by atoms with Crippen molar-refractivity contribution in [2.75, 3.05) is 36.5 Å². The Balaban J connectivity index is 1.38. The number of carbonyl (C=O) groups excluding carboxylic acids is 1. The number of anilines is 2. The first-order chi connectivity index (χ1) is 14.3. The number of amides is 2. The van der Waals surface area contributed by atoms with E-state index in [4.69, 9.17) is 4.74 Å².